The van der Waals surface area contributed by atoms with Gasteiger partial charge in [-0.25, -0.2) is 4.79 Å². The minimum Gasteiger partial charge on any atom is -0.513 e. The Hall–Kier alpha value is -2.57. The van der Waals surface area contributed by atoms with Gasteiger partial charge >= 0.3 is 5.69 Å². The predicted octanol–water partition coefficient (Wildman–Crippen LogP) is 1.47. The summed E-state index contributed by atoms with van der Waals surface area (Å²) >= 11 is 4.17. The Bertz CT molecular complexity index is 971. The van der Waals surface area contributed by atoms with Gasteiger partial charge in [0, 0.05) is 51.0 Å². The molecule has 0 saturated heterocycles. The number of aromatic nitrogens is 2. The summed E-state index contributed by atoms with van der Waals surface area (Å²) in [5, 5.41) is 28.0. The van der Waals surface area contributed by atoms with Crippen LogP contribution in [0.5, 0.6) is 0 Å². The number of unbranched alkanes of at least 4 members (excludes halogenated alkanes) is 2. The van der Waals surface area contributed by atoms with E-state index in [0.29, 0.717) is 11.3 Å². The van der Waals surface area contributed by atoms with E-state index in [1.807, 2.05) is 0 Å². The number of allylic oxidation sites excluding steroid dienone is 1. The summed E-state index contributed by atoms with van der Waals surface area (Å²) in [5.74, 6) is 0.448. The first kappa shape index (κ1) is 34.4. The van der Waals surface area contributed by atoms with E-state index in [9.17, 15) is 29.4 Å². The summed E-state index contributed by atoms with van der Waals surface area (Å²) in [6.07, 6.45) is 4.54. The number of aliphatic hydroxyl groups excluding tert-OH is 2. The molecule has 0 aliphatic heterocycles. The van der Waals surface area contributed by atoms with Crippen molar-refractivity contribution >= 4 is 24.4 Å². The molecule has 1 rings (SSSR count). The van der Waals surface area contributed by atoms with E-state index in [1.54, 1.807) is 6.92 Å². The molecule has 0 spiro atoms. The van der Waals surface area contributed by atoms with Gasteiger partial charge in [0.25, 0.3) is 5.56 Å². The average Bonchev–Trinajstić information content (AvgIpc) is 2.84. The number of amides is 2. The number of carbonyl (C=O) groups excluding carboxylic acids is 2. The van der Waals surface area contributed by atoms with Gasteiger partial charge in [0.1, 0.15) is 6.23 Å². The zero-order chi connectivity index (χ0) is 28.4. The Morgan fingerprint density at radius 2 is 1.70 bits per heavy atom. The van der Waals surface area contributed by atoms with E-state index < -0.39 is 17.5 Å². The third-order valence-corrected chi connectivity index (χ3v) is 5.82. The summed E-state index contributed by atoms with van der Waals surface area (Å²) in [5.41, 5.74) is -0.645. The predicted molar refractivity (Wildman–Crippen MR) is 149 cm³/mol. The highest BCUT2D eigenvalue weighted by Gasteiger charge is 2.15. The van der Waals surface area contributed by atoms with Crippen LogP contribution in [0.2, 0.25) is 0 Å². The van der Waals surface area contributed by atoms with Crippen LogP contribution >= 0.6 is 12.6 Å². The second kappa shape index (κ2) is 19.5. The van der Waals surface area contributed by atoms with Crippen LogP contribution in [0.25, 0.3) is 0 Å². The van der Waals surface area contributed by atoms with Crippen LogP contribution < -0.4 is 27.2 Å². The number of thiol groups is 1. The Balaban J connectivity index is 0.000000757. The molecule has 2 atom stereocenters. The molecule has 2 amide bonds. The molecule has 11 nitrogen and oxygen atoms in total. The van der Waals surface area contributed by atoms with Crippen LogP contribution in [0, 0.1) is 0 Å². The summed E-state index contributed by atoms with van der Waals surface area (Å²) in [7, 11) is 0. The van der Waals surface area contributed by atoms with Crippen LogP contribution in [0.15, 0.2) is 33.2 Å². The van der Waals surface area contributed by atoms with E-state index in [1.165, 1.54) is 39.0 Å². The van der Waals surface area contributed by atoms with Crippen LogP contribution in [0.1, 0.15) is 73.0 Å². The van der Waals surface area contributed by atoms with E-state index in [0.717, 1.165) is 35.1 Å². The number of rotatable bonds is 15. The molecule has 212 valence electrons. The fraction of sp³-hybridized carbons (Fsp3) is 0.680. The van der Waals surface area contributed by atoms with Gasteiger partial charge in [-0.05, 0) is 38.8 Å². The first-order valence-electron chi connectivity index (χ1n) is 12.7. The third-order valence-electron chi connectivity index (χ3n) is 5.45. The molecule has 0 aromatic carbocycles. The molecule has 1 aromatic heterocycles. The lowest BCUT2D eigenvalue weighted by atomic mass is 10.1. The van der Waals surface area contributed by atoms with Gasteiger partial charge in [0.05, 0.1) is 11.8 Å². The topological polar surface area (TPSA) is 155 Å². The molecule has 37 heavy (non-hydrogen) atoms. The first-order valence-corrected chi connectivity index (χ1v) is 13.3. The SMILES string of the molecule is CC(=O)NCCn1c(=O)ccn([C@H](O)C/C(C)=C(/C)O)c1=O.CCCCCNC(=O)C(CS)NCCC. The molecule has 1 aromatic rings. The van der Waals surface area contributed by atoms with Crippen molar-refractivity contribution in [3.05, 3.63) is 44.4 Å². The molecule has 0 aliphatic carbocycles. The van der Waals surface area contributed by atoms with E-state index >= 15 is 0 Å². The van der Waals surface area contributed by atoms with Crippen molar-refractivity contribution in [2.45, 2.75) is 85.5 Å². The van der Waals surface area contributed by atoms with Crippen molar-refractivity contribution in [2.24, 2.45) is 0 Å². The normalized spacial score (nSPS) is 13.1. The fourth-order valence-electron chi connectivity index (χ4n) is 3.10. The molecular formula is C25H45N5O6S. The molecule has 1 unspecified atom stereocenters. The molecule has 0 saturated carbocycles. The Kier molecular flexibility index (Phi) is 18.2. The maximum Gasteiger partial charge on any atom is 0.333 e. The van der Waals surface area contributed by atoms with Crippen LogP contribution in [0.4, 0.5) is 0 Å². The minimum atomic E-state index is -1.19. The third kappa shape index (κ3) is 14.1. The maximum absolute atomic E-state index is 12.2. The Morgan fingerprint density at radius 1 is 1.03 bits per heavy atom. The van der Waals surface area contributed by atoms with Gasteiger partial charge in [-0.1, -0.05) is 26.7 Å². The highest BCUT2D eigenvalue weighted by atomic mass is 32.1. The second-order valence-corrected chi connectivity index (χ2v) is 9.08. The fourth-order valence-corrected chi connectivity index (χ4v) is 3.39. The van der Waals surface area contributed by atoms with Crippen LogP contribution in [-0.4, -0.2) is 62.6 Å². The van der Waals surface area contributed by atoms with Gasteiger partial charge in [0.2, 0.25) is 11.8 Å². The van der Waals surface area contributed by atoms with Crippen molar-refractivity contribution in [1.82, 2.24) is 25.1 Å². The standard InChI is InChI=1S/C14H21N3O5.C11H24N2OS/c1-9(10(2)18)8-13(21)16-6-4-12(20)17(14(16)22)7-5-15-11(3)19;1-3-5-6-8-13-11(14)10(9-15)12-7-4-2/h4,6,13,18,21H,5,7-8H2,1-3H3,(H,15,19);10,12,15H,3-9H2,1-2H3,(H,13,14)/b10-9-;/t13-;/m1./s1. The zero-order valence-electron chi connectivity index (χ0n) is 22.7. The van der Waals surface area contributed by atoms with Crippen molar-refractivity contribution in [3.63, 3.8) is 0 Å². The maximum atomic E-state index is 12.2. The lowest BCUT2D eigenvalue weighted by molar-refractivity contribution is -0.122. The van der Waals surface area contributed by atoms with Gasteiger partial charge in [-0.2, -0.15) is 12.6 Å². The number of carbonyl (C=O) groups is 2. The number of hydrogen-bond donors (Lipinski definition) is 6. The number of nitrogens with zero attached hydrogens (tertiary/aromatic N) is 2. The zero-order valence-corrected chi connectivity index (χ0v) is 23.6. The first-order chi connectivity index (χ1) is 17.5. The second-order valence-electron chi connectivity index (χ2n) is 8.72. The Morgan fingerprint density at radius 3 is 2.24 bits per heavy atom. The van der Waals surface area contributed by atoms with E-state index in [2.05, 4.69) is 42.4 Å². The van der Waals surface area contributed by atoms with Crippen molar-refractivity contribution in [3.8, 4) is 0 Å². The monoisotopic (exact) mass is 543 g/mol. The smallest absolute Gasteiger partial charge is 0.333 e. The summed E-state index contributed by atoms with van der Waals surface area (Å²) in [6.45, 7) is 10.5. The van der Waals surface area contributed by atoms with Gasteiger partial charge in [-0.3, -0.25) is 23.5 Å². The molecule has 0 aliphatic rings. The van der Waals surface area contributed by atoms with Crippen LogP contribution in [0.3, 0.4) is 0 Å². The Labute approximate surface area is 224 Å². The van der Waals surface area contributed by atoms with Gasteiger partial charge < -0.3 is 26.2 Å². The number of hydrogen-bond acceptors (Lipinski definition) is 8. The molecule has 5 N–H and O–H groups in total. The quantitative estimate of drug-likeness (QED) is 0.111. The van der Waals surface area contributed by atoms with E-state index in [4.69, 9.17) is 0 Å². The molecular weight excluding hydrogens is 498 g/mol. The van der Waals surface area contributed by atoms with Crippen molar-refractivity contribution in [1.29, 1.82) is 0 Å². The largest absolute Gasteiger partial charge is 0.513 e. The molecule has 1 heterocycles. The lowest BCUT2D eigenvalue weighted by Gasteiger charge is -2.16. The van der Waals surface area contributed by atoms with Gasteiger partial charge in [-0.15, -0.1) is 0 Å². The highest BCUT2D eigenvalue weighted by Crippen LogP contribution is 2.14. The summed E-state index contributed by atoms with van der Waals surface area (Å²) < 4.78 is 1.95. The molecule has 0 bridgehead atoms. The minimum absolute atomic E-state index is 0.0126. The van der Waals surface area contributed by atoms with Crippen molar-refractivity contribution < 1.29 is 19.8 Å². The lowest BCUT2D eigenvalue weighted by Crippen LogP contribution is -2.46. The molecule has 12 heteroatoms. The summed E-state index contributed by atoms with van der Waals surface area (Å²) in [6, 6.07) is 1.03. The highest BCUT2D eigenvalue weighted by molar-refractivity contribution is 7.80. The van der Waals surface area contributed by atoms with E-state index in [-0.39, 0.29) is 43.1 Å². The van der Waals surface area contributed by atoms with Crippen LogP contribution in [-0.2, 0) is 16.1 Å². The van der Waals surface area contributed by atoms with Crippen molar-refractivity contribution in [2.75, 3.05) is 25.4 Å². The summed E-state index contributed by atoms with van der Waals surface area (Å²) in [4.78, 5) is 46.4. The molecule has 0 radical (unpaired) electrons. The number of aliphatic hydroxyl groups is 2. The number of nitrogens with one attached hydrogen (secondary N) is 3. The average molecular weight is 544 g/mol. The molecule has 0 fully saturated rings. The van der Waals surface area contributed by atoms with Gasteiger partial charge in [0.15, 0.2) is 0 Å².